The van der Waals surface area contributed by atoms with Gasteiger partial charge >= 0.3 is 0 Å². The second-order valence-corrected chi connectivity index (χ2v) is 12.5. The van der Waals surface area contributed by atoms with Gasteiger partial charge in [-0.05, 0) is 66.8 Å². The molecule has 0 saturated carbocycles. The Morgan fingerprint density at radius 2 is 1.65 bits per heavy atom. The van der Waals surface area contributed by atoms with Crippen LogP contribution in [-0.4, -0.2) is 36.7 Å². The van der Waals surface area contributed by atoms with Gasteiger partial charge in [0.15, 0.2) is 5.82 Å². The number of para-hydroxylation sites is 1. The topological polar surface area (TPSA) is 74.3 Å². The third-order valence-corrected chi connectivity index (χ3v) is 8.90. The van der Waals surface area contributed by atoms with E-state index >= 15 is 0 Å². The largest absolute Gasteiger partial charge is 0.494 e. The average molecular weight is 608 g/mol. The van der Waals surface area contributed by atoms with Crippen LogP contribution >= 0.6 is 23.1 Å². The van der Waals surface area contributed by atoms with Crippen LogP contribution in [0.1, 0.15) is 45.1 Å². The van der Waals surface area contributed by atoms with E-state index in [1.165, 1.54) is 40.0 Å². The number of thioether (sulfide) groups is 1. The molecule has 0 fully saturated rings. The predicted octanol–water partition coefficient (Wildman–Crippen LogP) is 7.29. The summed E-state index contributed by atoms with van der Waals surface area (Å²) in [7, 11) is 0. The van der Waals surface area contributed by atoms with Gasteiger partial charge in [0.25, 0.3) is 5.56 Å². The number of hydrogen-bond donors (Lipinski definition) is 0. The summed E-state index contributed by atoms with van der Waals surface area (Å²) in [5, 5.41) is 9.47. The minimum absolute atomic E-state index is 0.195. The van der Waals surface area contributed by atoms with E-state index in [0.29, 0.717) is 21.9 Å². The van der Waals surface area contributed by atoms with E-state index < -0.39 is 0 Å². The van der Waals surface area contributed by atoms with E-state index in [2.05, 4.69) is 48.2 Å². The zero-order valence-corrected chi connectivity index (χ0v) is 25.9. The summed E-state index contributed by atoms with van der Waals surface area (Å²) in [5.74, 6) is 2.36. The Morgan fingerprint density at radius 1 is 0.884 bits per heavy atom. The third-order valence-electron chi connectivity index (χ3n) is 7.05. The minimum atomic E-state index is -0.195. The second kappa shape index (κ2) is 13.4. The number of aromatic nitrogens is 5. The van der Waals surface area contributed by atoms with E-state index in [1.807, 2.05) is 71.6 Å². The molecule has 0 bridgehead atoms. The number of rotatable bonds is 12. The smallest absolute Gasteiger partial charge is 0.291 e. The lowest BCUT2D eigenvalue weighted by Crippen LogP contribution is -2.23. The fraction of sp³-hybridized carbons (Fsp3) is 0.235. The van der Waals surface area contributed by atoms with Gasteiger partial charge in [-0.2, -0.15) is 14.6 Å². The van der Waals surface area contributed by atoms with E-state index in [9.17, 15) is 4.79 Å². The van der Waals surface area contributed by atoms with Crippen LogP contribution in [0.15, 0.2) is 94.7 Å². The van der Waals surface area contributed by atoms with Crippen LogP contribution < -0.4 is 14.8 Å². The molecule has 0 spiro atoms. The summed E-state index contributed by atoms with van der Waals surface area (Å²) in [6, 6.07) is 26.1. The molecule has 0 aliphatic carbocycles. The second-order valence-electron chi connectivity index (χ2n) is 10.1. The molecule has 6 aromatic rings. The Kier molecular flexibility index (Phi) is 9.00. The van der Waals surface area contributed by atoms with Crippen LogP contribution in [0, 0.1) is 0 Å². The predicted molar refractivity (Wildman–Crippen MR) is 176 cm³/mol. The standard InChI is InChI=1S/C34H33N5O2S2/c1-3-5-6-10-21-41-28-17-13-25(14-18-28)32-35-34-39(37-32)33(40)30(43-34)22-26-23-38(27-11-8-7-9-12-27)36-31(26)24-15-19-29(20-16-24)42-4-2/h7-9,11-20,22-23H,3-6,10,21H2,1-2H3/b30-22-. The van der Waals surface area contributed by atoms with Gasteiger partial charge in [0, 0.05) is 27.8 Å². The van der Waals surface area contributed by atoms with Crippen molar-refractivity contribution in [2.75, 3.05) is 12.4 Å². The SMILES string of the molecule is CCCCCCOc1ccc(-c2nc3s/c(=C\c4cn(-c5ccccc5)nc4-c4ccc(SCC)cc4)c(=O)n3n2)cc1. The first-order valence-corrected chi connectivity index (χ1v) is 16.5. The Morgan fingerprint density at radius 3 is 2.37 bits per heavy atom. The molecule has 0 amide bonds. The molecule has 0 aliphatic heterocycles. The molecule has 7 nitrogen and oxygen atoms in total. The lowest BCUT2D eigenvalue weighted by Gasteiger charge is -2.06. The van der Waals surface area contributed by atoms with Gasteiger partial charge in [-0.1, -0.05) is 74.8 Å². The molecule has 218 valence electrons. The summed E-state index contributed by atoms with van der Waals surface area (Å²) >= 11 is 3.13. The highest BCUT2D eigenvalue weighted by molar-refractivity contribution is 7.99. The lowest BCUT2D eigenvalue weighted by atomic mass is 10.1. The molecule has 0 atom stereocenters. The molecule has 0 radical (unpaired) electrons. The first-order chi connectivity index (χ1) is 21.1. The maximum Gasteiger partial charge on any atom is 0.291 e. The number of unbranched alkanes of at least 4 members (excludes halogenated alkanes) is 3. The molecule has 0 saturated heterocycles. The fourth-order valence-electron chi connectivity index (χ4n) is 4.82. The molecular formula is C34H33N5O2S2. The van der Waals surface area contributed by atoms with Gasteiger partial charge in [0.05, 0.1) is 22.5 Å². The highest BCUT2D eigenvalue weighted by Crippen LogP contribution is 2.27. The summed E-state index contributed by atoms with van der Waals surface area (Å²) in [6.45, 7) is 5.06. The van der Waals surface area contributed by atoms with Crippen molar-refractivity contribution in [3.8, 4) is 34.1 Å². The maximum atomic E-state index is 13.5. The number of fused-ring (bicyclic) bond motifs is 1. The highest BCUT2D eigenvalue weighted by Gasteiger charge is 2.15. The highest BCUT2D eigenvalue weighted by atomic mass is 32.2. The molecule has 9 heteroatoms. The van der Waals surface area contributed by atoms with Gasteiger partial charge in [-0.25, -0.2) is 4.68 Å². The molecule has 43 heavy (non-hydrogen) atoms. The van der Waals surface area contributed by atoms with Gasteiger partial charge in [0.2, 0.25) is 4.96 Å². The van der Waals surface area contributed by atoms with Crippen molar-refractivity contribution in [1.29, 1.82) is 0 Å². The van der Waals surface area contributed by atoms with Crippen molar-refractivity contribution >= 4 is 34.1 Å². The summed E-state index contributed by atoms with van der Waals surface area (Å²) in [6.07, 6.45) is 8.54. The number of benzene rings is 3. The molecule has 0 N–H and O–H groups in total. The summed E-state index contributed by atoms with van der Waals surface area (Å²) < 4.78 is 9.66. The minimum Gasteiger partial charge on any atom is -0.494 e. The van der Waals surface area contributed by atoms with E-state index in [4.69, 9.17) is 9.84 Å². The van der Waals surface area contributed by atoms with Gasteiger partial charge in [-0.3, -0.25) is 4.79 Å². The van der Waals surface area contributed by atoms with Gasteiger partial charge in [-0.15, -0.1) is 16.9 Å². The molecule has 6 rings (SSSR count). The Bertz CT molecular complexity index is 1910. The van der Waals surface area contributed by atoms with E-state index in [-0.39, 0.29) is 5.56 Å². The van der Waals surface area contributed by atoms with Crippen molar-refractivity contribution in [2.45, 2.75) is 44.4 Å². The van der Waals surface area contributed by atoms with Gasteiger partial charge in [0.1, 0.15) is 5.75 Å². The first-order valence-electron chi connectivity index (χ1n) is 14.7. The molecule has 3 aromatic heterocycles. The third kappa shape index (κ3) is 6.58. The van der Waals surface area contributed by atoms with Crippen LogP contribution in [0.3, 0.4) is 0 Å². The average Bonchev–Trinajstić information content (AvgIpc) is 3.73. The number of ether oxygens (including phenoxy) is 1. The van der Waals surface area contributed by atoms with Crippen molar-refractivity contribution in [3.63, 3.8) is 0 Å². The van der Waals surface area contributed by atoms with Crippen LogP contribution in [0.4, 0.5) is 0 Å². The zero-order chi connectivity index (χ0) is 29.6. The lowest BCUT2D eigenvalue weighted by molar-refractivity contribution is 0.305. The van der Waals surface area contributed by atoms with Crippen LogP contribution in [-0.2, 0) is 0 Å². The number of hydrogen-bond acceptors (Lipinski definition) is 7. The molecule has 3 aromatic carbocycles. The van der Waals surface area contributed by atoms with Crippen molar-refractivity contribution in [1.82, 2.24) is 24.4 Å². The summed E-state index contributed by atoms with van der Waals surface area (Å²) in [4.78, 5) is 19.9. The van der Waals surface area contributed by atoms with Crippen LogP contribution in [0.5, 0.6) is 5.75 Å². The maximum absolute atomic E-state index is 13.5. The first kappa shape index (κ1) is 28.9. The van der Waals surface area contributed by atoms with Crippen LogP contribution in [0.25, 0.3) is 39.4 Å². The Hall–Kier alpha value is -4.21. The summed E-state index contributed by atoms with van der Waals surface area (Å²) in [5.41, 5.74) is 4.25. The molecule has 0 unspecified atom stereocenters. The Labute approximate surface area is 258 Å². The zero-order valence-electron chi connectivity index (χ0n) is 24.3. The van der Waals surface area contributed by atoms with Crippen molar-refractivity contribution in [3.05, 3.63) is 106 Å². The Balaban J connectivity index is 1.30. The molecular weight excluding hydrogens is 575 g/mol. The normalized spacial score (nSPS) is 11.9. The number of nitrogens with zero attached hydrogens (tertiary/aromatic N) is 5. The van der Waals surface area contributed by atoms with Crippen molar-refractivity contribution < 1.29 is 4.74 Å². The van der Waals surface area contributed by atoms with E-state index in [1.54, 1.807) is 11.8 Å². The fourth-order valence-corrected chi connectivity index (χ4v) is 6.38. The van der Waals surface area contributed by atoms with Crippen molar-refractivity contribution in [2.24, 2.45) is 0 Å². The number of thiazole rings is 1. The quantitative estimate of drug-likeness (QED) is 0.107. The van der Waals surface area contributed by atoms with Crippen LogP contribution in [0.2, 0.25) is 0 Å². The monoisotopic (exact) mass is 607 g/mol. The van der Waals surface area contributed by atoms with Gasteiger partial charge < -0.3 is 4.74 Å². The van der Waals surface area contributed by atoms with E-state index in [0.717, 1.165) is 46.0 Å². The molecule has 3 heterocycles. The molecule has 0 aliphatic rings.